The van der Waals surface area contributed by atoms with Gasteiger partial charge in [-0.15, -0.1) is 11.3 Å². The third kappa shape index (κ3) is 3.45. The molecule has 0 aliphatic heterocycles. The van der Waals surface area contributed by atoms with Crippen LogP contribution in [0.5, 0.6) is 0 Å². The average molecular weight is 322 g/mol. The first kappa shape index (κ1) is 13.8. The number of thiazole rings is 1. The number of halogens is 2. The summed E-state index contributed by atoms with van der Waals surface area (Å²) in [5.41, 5.74) is 1.41. The second-order valence-electron chi connectivity index (χ2n) is 3.82. The molecular weight excluding hydrogens is 313 g/mol. The first-order chi connectivity index (χ1) is 8.35. The van der Waals surface area contributed by atoms with Gasteiger partial charge in [0.2, 0.25) is 0 Å². The molecule has 18 heavy (non-hydrogen) atoms. The van der Waals surface area contributed by atoms with Crippen LogP contribution in [0.25, 0.3) is 11.3 Å². The molecule has 0 amide bonds. The van der Waals surface area contributed by atoms with Crippen LogP contribution in [0.4, 0.5) is 0 Å². The molecule has 7 heteroatoms. The van der Waals surface area contributed by atoms with E-state index in [-0.39, 0.29) is 5.75 Å². The van der Waals surface area contributed by atoms with Gasteiger partial charge in [0.25, 0.3) is 0 Å². The lowest BCUT2D eigenvalue weighted by molar-refractivity contribution is 0.601. The van der Waals surface area contributed by atoms with Gasteiger partial charge in [0.15, 0.2) is 9.84 Å². The van der Waals surface area contributed by atoms with Crippen molar-refractivity contribution in [3.8, 4) is 11.3 Å². The normalized spacial score (nSPS) is 11.7. The largest absolute Gasteiger partial charge is 0.240 e. The molecule has 0 aliphatic carbocycles. The van der Waals surface area contributed by atoms with Crippen molar-refractivity contribution < 1.29 is 8.42 Å². The lowest BCUT2D eigenvalue weighted by atomic mass is 10.2. The van der Waals surface area contributed by atoms with Crippen molar-refractivity contribution >= 4 is 44.4 Å². The van der Waals surface area contributed by atoms with Gasteiger partial charge in [-0.3, -0.25) is 0 Å². The molecule has 0 unspecified atom stereocenters. The van der Waals surface area contributed by atoms with Crippen molar-refractivity contribution in [1.29, 1.82) is 0 Å². The van der Waals surface area contributed by atoms with Crippen molar-refractivity contribution in [2.75, 3.05) is 6.26 Å². The Hall–Kier alpha value is -0.620. The zero-order valence-electron chi connectivity index (χ0n) is 9.35. The molecule has 0 N–H and O–H groups in total. The summed E-state index contributed by atoms with van der Waals surface area (Å²) in [6, 6.07) is 5.12. The number of sulfone groups is 1. The summed E-state index contributed by atoms with van der Waals surface area (Å²) in [6.45, 7) is 0. The summed E-state index contributed by atoms with van der Waals surface area (Å²) in [5.74, 6) is -0.0527. The van der Waals surface area contributed by atoms with Gasteiger partial charge in [-0.2, -0.15) is 0 Å². The molecule has 96 valence electrons. The highest BCUT2D eigenvalue weighted by molar-refractivity contribution is 7.90. The van der Waals surface area contributed by atoms with Crippen molar-refractivity contribution in [2.24, 2.45) is 0 Å². The minimum atomic E-state index is -3.07. The molecule has 1 aromatic carbocycles. The molecule has 0 saturated heterocycles. The van der Waals surface area contributed by atoms with Crippen LogP contribution in [0.15, 0.2) is 23.6 Å². The van der Waals surface area contributed by atoms with Gasteiger partial charge in [-0.05, 0) is 18.2 Å². The second kappa shape index (κ2) is 5.17. The molecule has 3 nitrogen and oxygen atoms in total. The van der Waals surface area contributed by atoms with E-state index in [1.807, 2.05) is 0 Å². The number of rotatable bonds is 3. The van der Waals surface area contributed by atoms with E-state index in [1.54, 1.807) is 23.6 Å². The van der Waals surface area contributed by atoms with Gasteiger partial charge in [0.05, 0.1) is 10.7 Å². The summed E-state index contributed by atoms with van der Waals surface area (Å²) in [6.07, 6.45) is 1.18. The summed E-state index contributed by atoms with van der Waals surface area (Å²) in [4.78, 5) is 4.27. The van der Waals surface area contributed by atoms with Crippen LogP contribution in [0, 0.1) is 0 Å². The molecule has 0 atom stereocenters. The fourth-order valence-corrected chi connectivity index (χ4v) is 3.93. The van der Waals surface area contributed by atoms with Gasteiger partial charge < -0.3 is 0 Å². The van der Waals surface area contributed by atoms with Crippen LogP contribution in [0.2, 0.25) is 10.0 Å². The topological polar surface area (TPSA) is 47.0 Å². The van der Waals surface area contributed by atoms with Crippen LogP contribution in [0.1, 0.15) is 5.01 Å². The fourth-order valence-electron chi connectivity index (χ4n) is 1.42. The zero-order valence-corrected chi connectivity index (χ0v) is 12.5. The quantitative estimate of drug-likeness (QED) is 0.866. The van der Waals surface area contributed by atoms with Crippen molar-refractivity contribution in [3.63, 3.8) is 0 Å². The van der Waals surface area contributed by atoms with E-state index in [2.05, 4.69) is 4.98 Å². The molecule has 0 aliphatic rings. The van der Waals surface area contributed by atoms with Crippen molar-refractivity contribution in [3.05, 3.63) is 38.6 Å². The predicted molar refractivity (Wildman–Crippen MR) is 76.1 cm³/mol. The molecule has 2 rings (SSSR count). The number of aromatic nitrogens is 1. The monoisotopic (exact) mass is 321 g/mol. The van der Waals surface area contributed by atoms with Crippen LogP contribution in [0.3, 0.4) is 0 Å². The molecule has 0 fully saturated rings. The van der Waals surface area contributed by atoms with Crippen molar-refractivity contribution in [2.45, 2.75) is 5.75 Å². The van der Waals surface area contributed by atoms with Gasteiger partial charge >= 0.3 is 0 Å². The number of nitrogens with zero attached hydrogens (tertiary/aromatic N) is 1. The minimum Gasteiger partial charge on any atom is -0.240 e. The third-order valence-electron chi connectivity index (χ3n) is 2.14. The second-order valence-corrected chi connectivity index (χ2v) is 7.75. The Bertz CT molecular complexity index is 680. The lowest BCUT2D eigenvalue weighted by Gasteiger charge is -2.00. The summed E-state index contributed by atoms with van der Waals surface area (Å²) in [5, 5.41) is 3.39. The van der Waals surface area contributed by atoms with Gasteiger partial charge in [-0.1, -0.05) is 23.2 Å². The van der Waals surface area contributed by atoms with Gasteiger partial charge in [0.1, 0.15) is 10.8 Å². The van der Waals surface area contributed by atoms with E-state index in [9.17, 15) is 8.42 Å². The van der Waals surface area contributed by atoms with Gasteiger partial charge in [0, 0.05) is 22.2 Å². The summed E-state index contributed by atoms with van der Waals surface area (Å²) >= 11 is 13.2. The van der Waals surface area contributed by atoms with Crippen LogP contribution in [-0.2, 0) is 15.6 Å². The highest BCUT2D eigenvalue weighted by atomic mass is 35.5. The van der Waals surface area contributed by atoms with Crippen LogP contribution < -0.4 is 0 Å². The summed E-state index contributed by atoms with van der Waals surface area (Å²) < 4.78 is 22.4. The highest BCUT2D eigenvalue weighted by Crippen LogP contribution is 2.31. The predicted octanol–water partition coefficient (Wildman–Crippen LogP) is 3.66. The lowest BCUT2D eigenvalue weighted by Crippen LogP contribution is -1.99. The Morgan fingerprint density at radius 1 is 1.33 bits per heavy atom. The van der Waals surface area contributed by atoms with E-state index >= 15 is 0 Å². The zero-order chi connectivity index (χ0) is 13.3. The van der Waals surface area contributed by atoms with E-state index in [0.29, 0.717) is 20.7 Å². The molecule has 2 aromatic rings. The molecule has 1 aromatic heterocycles. The summed E-state index contributed by atoms with van der Waals surface area (Å²) in [7, 11) is -3.07. The molecule has 0 bridgehead atoms. The standard InChI is InChI=1S/C11H9Cl2NO2S2/c1-18(15,16)6-11-14-10(5-17-11)8-3-2-7(12)4-9(8)13/h2-5H,6H2,1H3. The molecule has 1 heterocycles. The Balaban J connectivity index is 2.35. The fraction of sp³-hybridized carbons (Fsp3) is 0.182. The molecule has 0 saturated carbocycles. The van der Waals surface area contributed by atoms with E-state index in [1.165, 1.54) is 17.6 Å². The number of hydrogen-bond donors (Lipinski definition) is 0. The Morgan fingerprint density at radius 2 is 2.06 bits per heavy atom. The number of hydrogen-bond acceptors (Lipinski definition) is 4. The van der Waals surface area contributed by atoms with Crippen LogP contribution in [-0.4, -0.2) is 19.7 Å². The molecule has 0 spiro atoms. The highest BCUT2D eigenvalue weighted by Gasteiger charge is 2.12. The Labute approximate surface area is 119 Å². The minimum absolute atomic E-state index is 0.0527. The maximum Gasteiger partial charge on any atom is 0.153 e. The maximum atomic E-state index is 11.2. The first-order valence-electron chi connectivity index (χ1n) is 4.93. The van der Waals surface area contributed by atoms with E-state index in [0.717, 1.165) is 5.56 Å². The number of benzene rings is 1. The molecule has 0 radical (unpaired) electrons. The first-order valence-corrected chi connectivity index (χ1v) is 8.62. The van der Waals surface area contributed by atoms with E-state index < -0.39 is 9.84 Å². The smallest absolute Gasteiger partial charge is 0.153 e. The Kier molecular flexibility index (Phi) is 3.96. The van der Waals surface area contributed by atoms with Crippen LogP contribution >= 0.6 is 34.5 Å². The van der Waals surface area contributed by atoms with Gasteiger partial charge in [-0.25, -0.2) is 13.4 Å². The molecular formula is C11H9Cl2NO2S2. The van der Waals surface area contributed by atoms with E-state index in [4.69, 9.17) is 23.2 Å². The third-order valence-corrected chi connectivity index (χ3v) is 4.52. The average Bonchev–Trinajstić information content (AvgIpc) is 2.63. The SMILES string of the molecule is CS(=O)(=O)Cc1nc(-c2ccc(Cl)cc2Cl)cs1. The Morgan fingerprint density at radius 3 is 2.67 bits per heavy atom. The van der Waals surface area contributed by atoms with Crippen molar-refractivity contribution in [1.82, 2.24) is 4.98 Å². The maximum absolute atomic E-state index is 11.2.